The first kappa shape index (κ1) is 17.4. The maximum absolute atomic E-state index is 12.5. The molecule has 2 aromatic rings. The number of ether oxygens (including phenoxy) is 2. The highest BCUT2D eigenvalue weighted by Crippen LogP contribution is 2.35. The van der Waals surface area contributed by atoms with Crippen LogP contribution in [-0.2, 0) is 16.1 Å². The normalized spacial score (nSPS) is 18.5. The molecule has 27 heavy (non-hydrogen) atoms. The molecule has 0 aromatic heterocycles. The second kappa shape index (κ2) is 7.31. The van der Waals surface area contributed by atoms with Crippen molar-refractivity contribution in [1.82, 2.24) is 5.32 Å². The van der Waals surface area contributed by atoms with Crippen LogP contribution in [-0.4, -0.2) is 31.6 Å². The number of carbonyl (C=O) groups excluding carboxylic acids is 2. The Kier molecular flexibility index (Phi) is 4.71. The minimum absolute atomic E-state index is 0.0536. The van der Waals surface area contributed by atoms with E-state index < -0.39 is 0 Å². The number of rotatable bonds is 4. The number of carbonyl (C=O) groups is 2. The van der Waals surface area contributed by atoms with Gasteiger partial charge >= 0.3 is 0 Å². The Balaban J connectivity index is 1.39. The smallest absolute Gasteiger partial charge is 0.227 e. The van der Waals surface area contributed by atoms with Gasteiger partial charge in [0.25, 0.3) is 0 Å². The van der Waals surface area contributed by atoms with Crippen molar-refractivity contribution >= 4 is 17.5 Å². The molecule has 0 radical (unpaired) electrons. The fraction of sp³-hybridized carbons (Fsp3) is 0.333. The van der Waals surface area contributed by atoms with Gasteiger partial charge in [-0.2, -0.15) is 0 Å². The molecular weight excluding hydrogens is 344 g/mol. The molecule has 6 nitrogen and oxygen atoms in total. The number of hydrogen-bond donors (Lipinski definition) is 1. The molecule has 4 rings (SSSR count). The van der Waals surface area contributed by atoms with E-state index in [0.29, 0.717) is 37.8 Å². The highest BCUT2D eigenvalue weighted by Gasteiger charge is 2.35. The molecule has 140 valence electrons. The zero-order chi connectivity index (χ0) is 18.8. The summed E-state index contributed by atoms with van der Waals surface area (Å²) in [5.74, 6) is 0.824. The van der Waals surface area contributed by atoms with Crippen LogP contribution in [0.25, 0.3) is 0 Å². The number of nitrogens with one attached hydrogen (secondary N) is 1. The van der Waals surface area contributed by atoms with Gasteiger partial charge in [-0.05, 0) is 24.6 Å². The van der Waals surface area contributed by atoms with Crippen molar-refractivity contribution in [3.63, 3.8) is 0 Å². The van der Waals surface area contributed by atoms with E-state index in [0.717, 1.165) is 11.3 Å². The van der Waals surface area contributed by atoms with Crippen LogP contribution in [0, 0.1) is 12.8 Å². The first-order chi connectivity index (χ1) is 13.1. The SMILES string of the molecule is Cc1ccc(CNC(=O)C2CC(=O)N(c3ccc4c(c3)OCCO4)C2)cc1. The van der Waals surface area contributed by atoms with E-state index in [1.807, 2.05) is 43.3 Å². The van der Waals surface area contributed by atoms with Gasteiger partial charge in [0.1, 0.15) is 13.2 Å². The molecule has 2 aromatic carbocycles. The average Bonchev–Trinajstić information content (AvgIpc) is 3.09. The third-order valence-corrected chi connectivity index (χ3v) is 4.92. The number of benzene rings is 2. The van der Waals surface area contributed by atoms with Gasteiger partial charge < -0.3 is 19.7 Å². The van der Waals surface area contributed by atoms with Crippen LogP contribution in [0.3, 0.4) is 0 Å². The topological polar surface area (TPSA) is 67.9 Å². The quantitative estimate of drug-likeness (QED) is 0.902. The van der Waals surface area contributed by atoms with Gasteiger partial charge in [-0.15, -0.1) is 0 Å². The molecule has 1 unspecified atom stereocenters. The Bertz CT molecular complexity index is 863. The molecule has 2 heterocycles. The van der Waals surface area contributed by atoms with Crippen LogP contribution >= 0.6 is 0 Å². The maximum atomic E-state index is 12.5. The number of anilines is 1. The van der Waals surface area contributed by atoms with Gasteiger partial charge in [0.15, 0.2) is 11.5 Å². The third-order valence-electron chi connectivity index (χ3n) is 4.92. The summed E-state index contributed by atoms with van der Waals surface area (Å²) >= 11 is 0. The molecule has 0 bridgehead atoms. The molecule has 0 saturated carbocycles. The number of amides is 2. The van der Waals surface area contributed by atoms with Gasteiger partial charge in [-0.1, -0.05) is 29.8 Å². The van der Waals surface area contributed by atoms with Crippen molar-refractivity contribution in [2.45, 2.75) is 19.9 Å². The fourth-order valence-corrected chi connectivity index (χ4v) is 3.37. The van der Waals surface area contributed by atoms with Crippen molar-refractivity contribution in [1.29, 1.82) is 0 Å². The molecule has 1 atom stereocenters. The van der Waals surface area contributed by atoms with E-state index >= 15 is 0 Å². The molecule has 1 N–H and O–H groups in total. The molecule has 0 spiro atoms. The monoisotopic (exact) mass is 366 g/mol. The second-order valence-electron chi connectivity index (χ2n) is 6.94. The number of nitrogens with zero attached hydrogens (tertiary/aromatic N) is 1. The Morgan fingerprint density at radius 1 is 1.11 bits per heavy atom. The molecule has 2 amide bonds. The molecule has 2 aliphatic rings. The van der Waals surface area contributed by atoms with Crippen molar-refractivity contribution in [3.05, 3.63) is 53.6 Å². The van der Waals surface area contributed by atoms with Crippen LogP contribution in [0.15, 0.2) is 42.5 Å². The summed E-state index contributed by atoms with van der Waals surface area (Å²) in [4.78, 5) is 26.6. The Labute approximate surface area is 158 Å². The predicted octanol–water partition coefficient (Wildman–Crippen LogP) is 2.44. The van der Waals surface area contributed by atoms with Crippen molar-refractivity contribution in [3.8, 4) is 11.5 Å². The van der Waals surface area contributed by atoms with Crippen LogP contribution in [0.1, 0.15) is 17.5 Å². The van der Waals surface area contributed by atoms with Crippen LogP contribution < -0.4 is 19.7 Å². The van der Waals surface area contributed by atoms with E-state index in [2.05, 4.69) is 5.32 Å². The van der Waals surface area contributed by atoms with Gasteiger partial charge in [0.05, 0.1) is 5.92 Å². The lowest BCUT2D eigenvalue weighted by molar-refractivity contribution is -0.126. The molecule has 2 aliphatic heterocycles. The molecule has 1 saturated heterocycles. The van der Waals surface area contributed by atoms with E-state index in [1.54, 1.807) is 11.0 Å². The lowest BCUT2D eigenvalue weighted by Gasteiger charge is -2.22. The summed E-state index contributed by atoms with van der Waals surface area (Å²) in [5.41, 5.74) is 2.96. The Morgan fingerprint density at radius 3 is 2.63 bits per heavy atom. The number of hydrogen-bond acceptors (Lipinski definition) is 4. The summed E-state index contributed by atoms with van der Waals surface area (Å²) < 4.78 is 11.1. The highest BCUT2D eigenvalue weighted by atomic mass is 16.6. The van der Waals surface area contributed by atoms with Gasteiger partial charge in [0, 0.05) is 31.3 Å². The van der Waals surface area contributed by atoms with E-state index in [-0.39, 0.29) is 24.2 Å². The molecular formula is C21H22N2O4. The van der Waals surface area contributed by atoms with Crippen LogP contribution in [0.4, 0.5) is 5.69 Å². The van der Waals surface area contributed by atoms with Gasteiger partial charge in [-0.3, -0.25) is 9.59 Å². The summed E-state index contributed by atoms with van der Waals surface area (Å²) in [7, 11) is 0. The van der Waals surface area contributed by atoms with Crippen molar-refractivity contribution in [2.75, 3.05) is 24.7 Å². The van der Waals surface area contributed by atoms with Crippen molar-refractivity contribution in [2.24, 2.45) is 5.92 Å². The van der Waals surface area contributed by atoms with Crippen molar-refractivity contribution < 1.29 is 19.1 Å². The first-order valence-electron chi connectivity index (χ1n) is 9.13. The summed E-state index contributed by atoms with van der Waals surface area (Å²) in [6, 6.07) is 13.5. The lowest BCUT2D eigenvalue weighted by atomic mass is 10.1. The second-order valence-corrected chi connectivity index (χ2v) is 6.94. The minimum atomic E-state index is -0.351. The van der Waals surface area contributed by atoms with Crippen LogP contribution in [0.5, 0.6) is 11.5 Å². The largest absolute Gasteiger partial charge is 0.486 e. The number of aryl methyl sites for hydroxylation is 1. The predicted molar refractivity (Wildman–Crippen MR) is 101 cm³/mol. The summed E-state index contributed by atoms with van der Waals surface area (Å²) in [6.45, 7) is 3.89. The Hall–Kier alpha value is -3.02. The first-order valence-corrected chi connectivity index (χ1v) is 9.13. The third kappa shape index (κ3) is 3.74. The molecule has 0 aliphatic carbocycles. The molecule has 6 heteroatoms. The van der Waals surface area contributed by atoms with Crippen LogP contribution in [0.2, 0.25) is 0 Å². The highest BCUT2D eigenvalue weighted by molar-refractivity contribution is 6.00. The van der Waals surface area contributed by atoms with Gasteiger partial charge in [0.2, 0.25) is 11.8 Å². The summed E-state index contributed by atoms with van der Waals surface area (Å²) in [6.07, 6.45) is 0.216. The minimum Gasteiger partial charge on any atom is -0.486 e. The lowest BCUT2D eigenvalue weighted by Crippen LogP contribution is -2.32. The Morgan fingerprint density at radius 2 is 1.85 bits per heavy atom. The van der Waals surface area contributed by atoms with E-state index in [9.17, 15) is 9.59 Å². The van der Waals surface area contributed by atoms with E-state index in [4.69, 9.17) is 9.47 Å². The van der Waals surface area contributed by atoms with E-state index in [1.165, 1.54) is 5.56 Å². The number of fused-ring (bicyclic) bond motifs is 1. The average molecular weight is 366 g/mol. The van der Waals surface area contributed by atoms with Gasteiger partial charge in [-0.25, -0.2) is 0 Å². The zero-order valence-corrected chi connectivity index (χ0v) is 15.2. The maximum Gasteiger partial charge on any atom is 0.227 e. The standard InChI is InChI=1S/C21H22N2O4/c1-14-2-4-15(5-3-14)12-22-21(25)16-10-20(24)23(13-16)17-6-7-18-19(11-17)27-9-8-26-18/h2-7,11,16H,8-10,12-13H2,1H3,(H,22,25). The fourth-order valence-electron chi connectivity index (χ4n) is 3.37. The molecule has 1 fully saturated rings. The summed E-state index contributed by atoms with van der Waals surface area (Å²) in [5, 5.41) is 2.94. The zero-order valence-electron chi connectivity index (χ0n) is 15.2.